The van der Waals surface area contributed by atoms with E-state index in [1.807, 2.05) is 0 Å². The minimum Gasteiger partial charge on any atom is -0.391 e. The van der Waals surface area contributed by atoms with Gasteiger partial charge in [0.15, 0.2) is 0 Å². The van der Waals surface area contributed by atoms with Gasteiger partial charge in [-0.05, 0) is 37.5 Å². The second-order valence-corrected chi connectivity index (χ2v) is 4.62. The average molecular weight is 270 g/mol. The molecule has 1 fully saturated rings. The topological polar surface area (TPSA) is 56.0 Å². The average Bonchev–Trinajstić information content (AvgIpc) is 2.73. The first-order valence-corrected chi connectivity index (χ1v) is 5.98. The Kier molecular flexibility index (Phi) is 3.67. The van der Waals surface area contributed by atoms with E-state index in [2.05, 4.69) is 5.32 Å². The Labute approximate surface area is 108 Å². The lowest BCUT2D eigenvalue weighted by molar-refractivity contribution is -0.137. The molecule has 1 aromatic rings. The number of benzene rings is 1. The molecule has 1 aromatic carbocycles. The zero-order valence-corrected chi connectivity index (χ0v) is 10.0. The van der Waals surface area contributed by atoms with Crippen molar-refractivity contribution < 1.29 is 18.3 Å². The fraction of sp³-hybridized carbons (Fsp3) is 0.462. The molecule has 0 saturated heterocycles. The Morgan fingerprint density at radius 2 is 2.05 bits per heavy atom. The van der Waals surface area contributed by atoms with Gasteiger partial charge in [-0.25, -0.2) is 0 Å². The van der Waals surface area contributed by atoms with Gasteiger partial charge in [0.2, 0.25) is 0 Å². The molecule has 0 heterocycles. The first-order chi connectivity index (χ1) is 8.91. The fourth-order valence-corrected chi connectivity index (χ4v) is 2.30. The first kappa shape index (κ1) is 13.7. The number of hydrogen-bond donors (Lipinski definition) is 2. The molecule has 0 spiro atoms. The van der Waals surface area contributed by atoms with Crippen LogP contribution in [0.1, 0.15) is 30.4 Å². The molecule has 1 saturated carbocycles. The van der Waals surface area contributed by atoms with Crippen LogP contribution < -0.4 is 5.32 Å². The predicted octanol–water partition coefficient (Wildman–Crippen LogP) is 2.90. The summed E-state index contributed by atoms with van der Waals surface area (Å²) in [6.07, 6.45) is -2.69. The lowest BCUT2D eigenvalue weighted by Crippen LogP contribution is -2.28. The third-order valence-electron chi connectivity index (χ3n) is 3.28. The van der Waals surface area contributed by atoms with Gasteiger partial charge in [0, 0.05) is 5.69 Å². The summed E-state index contributed by atoms with van der Waals surface area (Å²) in [5.74, 6) is 0. The van der Waals surface area contributed by atoms with Crippen molar-refractivity contribution in [3.8, 4) is 6.07 Å². The number of alkyl halides is 3. The maximum Gasteiger partial charge on any atom is 0.417 e. The van der Waals surface area contributed by atoms with E-state index in [1.165, 1.54) is 12.1 Å². The summed E-state index contributed by atoms with van der Waals surface area (Å²) in [7, 11) is 0. The van der Waals surface area contributed by atoms with Crippen LogP contribution >= 0.6 is 0 Å². The van der Waals surface area contributed by atoms with Gasteiger partial charge in [0.1, 0.15) is 0 Å². The van der Waals surface area contributed by atoms with Crippen LogP contribution in [-0.4, -0.2) is 17.3 Å². The molecule has 2 rings (SSSR count). The number of aliphatic hydroxyl groups is 1. The Morgan fingerprint density at radius 3 is 2.58 bits per heavy atom. The maximum atomic E-state index is 12.6. The number of halogens is 3. The zero-order chi connectivity index (χ0) is 14.0. The van der Waals surface area contributed by atoms with Gasteiger partial charge in [0.05, 0.1) is 29.3 Å². The summed E-state index contributed by atoms with van der Waals surface area (Å²) in [5, 5.41) is 21.4. The number of aliphatic hydroxyl groups excluding tert-OH is 1. The number of hydrogen-bond acceptors (Lipinski definition) is 3. The van der Waals surface area contributed by atoms with Crippen molar-refractivity contribution in [1.82, 2.24) is 0 Å². The van der Waals surface area contributed by atoms with Crippen LogP contribution in [0.3, 0.4) is 0 Å². The third-order valence-corrected chi connectivity index (χ3v) is 3.28. The van der Waals surface area contributed by atoms with Crippen molar-refractivity contribution in [2.45, 2.75) is 37.6 Å². The third kappa shape index (κ3) is 2.99. The molecule has 0 aromatic heterocycles. The summed E-state index contributed by atoms with van der Waals surface area (Å²) in [4.78, 5) is 0. The summed E-state index contributed by atoms with van der Waals surface area (Å²) in [6.45, 7) is 0. The Morgan fingerprint density at radius 1 is 1.32 bits per heavy atom. The van der Waals surface area contributed by atoms with Gasteiger partial charge in [-0.2, -0.15) is 18.4 Å². The molecule has 0 aliphatic heterocycles. The number of nitrogens with zero attached hydrogens (tertiary/aromatic N) is 1. The maximum absolute atomic E-state index is 12.6. The molecule has 0 bridgehead atoms. The Hall–Kier alpha value is -1.74. The number of nitriles is 1. The minimum absolute atomic E-state index is 0.164. The molecule has 3 nitrogen and oxygen atoms in total. The highest BCUT2D eigenvalue weighted by atomic mass is 19.4. The van der Waals surface area contributed by atoms with E-state index in [1.54, 1.807) is 6.07 Å². The van der Waals surface area contributed by atoms with Crippen LogP contribution in [0, 0.1) is 11.3 Å². The van der Waals surface area contributed by atoms with Crippen molar-refractivity contribution in [1.29, 1.82) is 5.26 Å². The van der Waals surface area contributed by atoms with Crippen LogP contribution in [0.25, 0.3) is 0 Å². The molecule has 0 unspecified atom stereocenters. The Bertz CT molecular complexity index is 508. The summed E-state index contributed by atoms with van der Waals surface area (Å²) >= 11 is 0. The normalized spacial score (nSPS) is 23.1. The summed E-state index contributed by atoms with van der Waals surface area (Å²) in [6, 6.07) is 4.74. The molecular weight excluding hydrogens is 257 g/mol. The quantitative estimate of drug-likeness (QED) is 0.868. The Balaban J connectivity index is 2.23. The smallest absolute Gasteiger partial charge is 0.391 e. The van der Waals surface area contributed by atoms with Crippen LogP contribution in [0.5, 0.6) is 0 Å². The van der Waals surface area contributed by atoms with Crippen LogP contribution in [0.4, 0.5) is 18.9 Å². The largest absolute Gasteiger partial charge is 0.417 e. The SMILES string of the molecule is N#Cc1cc(N[C@@H]2CCC[C@H]2O)ccc1C(F)(F)F. The summed E-state index contributed by atoms with van der Waals surface area (Å²) < 4.78 is 37.9. The van der Waals surface area contributed by atoms with E-state index in [-0.39, 0.29) is 6.04 Å². The van der Waals surface area contributed by atoms with Crippen molar-refractivity contribution in [3.05, 3.63) is 29.3 Å². The second-order valence-electron chi connectivity index (χ2n) is 4.62. The molecule has 0 amide bonds. The lowest BCUT2D eigenvalue weighted by atomic mass is 10.1. The van der Waals surface area contributed by atoms with Crippen molar-refractivity contribution in [2.24, 2.45) is 0 Å². The van der Waals surface area contributed by atoms with Crippen molar-refractivity contribution in [2.75, 3.05) is 5.32 Å². The fourth-order valence-electron chi connectivity index (χ4n) is 2.30. The zero-order valence-electron chi connectivity index (χ0n) is 10.0. The molecule has 2 atom stereocenters. The van der Waals surface area contributed by atoms with Gasteiger partial charge in [0.25, 0.3) is 0 Å². The molecular formula is C13H13F3N2O. The standard InChI is InChI=1S/C13H13F3N2O/c14-13(15,16)10-5-4-9(6-8(10)7-17)18-11-2-1-3-12(11)19/h4-6,11-12,18-19H,1-3H2/t11-,12-/m1/s1. The first-order valence-electron chi connectivity index (χ1n) is 5.98. The van der Waals surface area contributed by atoms with Gasteiger partial charge in [-0.1, -0.05) is 0 Å². The van der Waals surface area contributed by atoms with E-state index in [4.69, 9.17) is 5.26 Å². The van der Waals surface area contributed by atoms with Gasteiger partial charge < -0.3 is 10.4 Å². The van der Waals surface area contributed by atoms with Gasteiger partial charge in [-0.3, -0.25) is 0 Å². The molecule has 19 heavy (non-hydrogen) atoms. The number of anilines is 1. The lowest BCUT2D eigenvalue weighted by Gasteiger charge is -2.18. The molecule has 102 valence electrons. The van der Waals surface area contributed by atoms with E-state index < -0.39 is 23.4 Å². The highest BCUT2D eigenvalue weighted by Gasteiger charge is 2.34. The van der Waals surface area contributed by atoms with E-state index in [9.17, 15) is 18.3 Å². The number of rotatable bonds is 2. The molecule has 1 aliphatic carbocycles. The monoisotopic (exact) mass is 270 g/mol. The summed E-state index contributed by atoms with van der Waals surface area (Å²) in [5.41, 5.74) is -0.923. The van der Waals surface area contributed by atoms with Crippen LogP contribution in [0.2, 0.25) is 0 Å². The molecule has 6 heteroatoms. The highest BCUT2D eigenvalue weighted by molar-refractivity contribution is 5.54. The van der Waals surface area contributed by atoms with Gasteiger partial charge >= 0.3 is 6.18 Å². The van der Waals surface area contributed by atoms with Crippen LogP contribution in [0.15, 0.2) is 18.2 Å². The molecule has 2 N–H and O–H groups in total. The molecule has 1 aliphatic rings. The van der Waals surface area contributed by atoms with E-state index in [0.717, 1.165) is 18.9 Å². The number of nitrogens with one attached hydrogen (secondary N) is 1. The van der Waals surface area contributed by atoms with Gasteiger partial charge in [-0.15, -0.1) is 0 Å². The minimum atomic E-state index is -4.53. The second kappa shape index (κ2) is 5.10. The predicted molar refractivity (Wildman–Crippen MR) is 63.4 cm³/mol. The van der Waals surface area contributed by atoms with Crippen molar-refractivity contribution in [3.63, 3.8) is 0 Å². The van der Waals surface area contributed by atoms with Crippen molar-refractivity contribution >= 4 is 5.69 Å². The van der Waals surface area contributed by atoms with Crippen LogP contribution in [-0.2, 0) is 6.18 Å². The van der Waals surface area contributed by atoms with E-state index >= 15 is 0 Å². The van der Waals surface area contributed by atoms with E-state index in [0.29, 0.717) is 12.1 Å². The molecule has 0 radical (unpaired) electrons. The highest BCUT2D eigenvalue weighted by Crippen LogP contribution is 2.33.